The van der Waals surface area contributed by atoms with E-state index >= 15 is 0 Å². The number of esters is 1. The van der Waals surface area contributed by atoms with Crippen molar-refractivity contribution >= 4 is 21.9 Å². The normalized spacial score (nSPS) is 13.0. The Morgan fingerprint density at radius 2 is 1.76 bits per heavy atom. The Kier molecular flexibility index (Phi) is 5.72. The van der Waals surface area contributed by atoms with E-state index in [4.69, 9.17) is 4.74 Å². The van der Waals surface area contributed by atoms with Crippen LogP contribution in [0.25, 0.3) is 6.08 Å². The Labute approximate surface area is 126 Å². The lowest BCUT2D eigenvalue weighted by Gasteiger charge is -2.19. The van der Waals surface area contributed by atoms with Crippen molar-refractivity contribution in [1.82, 2.24) is 0 Å². The van der Waals surface area contributed by atoms with Crippen molar-refractivity contribution in [3.05, 3.63) is 41.5 Å². The van der Waals surface area contributed by atoms with Crippen molar-refractivity contribution in [2.24, 2.45) is 0 Å². The molecule has 0 amide bonds. The molecule has 116 valence electrons. The van der Waals surface area contributed by atoms with Crippen molar-refractivity contribution in [1.29, 1.82) is 0 Å². The van der Waals surface area contributed by atoms with Gasteiger partial charge in [-0.05, 0) is 39.3 Å². The first-order valence-electron chi connectivity index (χ1n) is 6.82. The van der Waals surface area contributed by atoms with Crippen LogP contribution < -0.4 is 0 Å². The van der Waals surface area contributed by atoms with Gasteiger partial charge in [0.05, 0.1) is 22.7 Å². The molecule has 0 radical (unpaired) electrons. The van der Waals surface area contributed by atoms with Gasteiger partial charge in [0, 0.05) is 0 Å². The maximum absolute atomic E-state index is 12.3. The summed E-state index contributed by atoms with van der Waals surface area (Å²) in [7, 11) is -3.45. The molecule has 4 nitrogen and oxygen atoms in total. The third-order valence-electron chi connectivity index (χ3n) is 2.96. The molecule has 21 heavy (non-hydrogen) atoms. The van der Waals surface area contributed by atoms with Crippen LogP contribution in [0.15, 0.2) is 35.9 Å². The van der Waals surface area contributed by atoms with Crippen molar-refractivity contribution in [2.45, 2.75) is 32.4 Å². The van der Waals surface area contributed by atoms with Gasteiger partial charge in [0.2, 0.25) is 0 Å². The van der Waals surface area contributed by atoms with Gasteiger partial charge >= 0.3 is 5.97 Å². The Morgan fingerprint density at radius 3 is 2.24 bits per heavy atom. The zero-order chi connectivity index (χ0) is 16.1. The fourth-order valence-corrected chi connectivity index (χ4v) is 2.60. The van der Waals surface area contributed by atoms with E-state index < -0.39 is 20.6 Å². The monoisotopic (exact) mass is 310 g/mol. The molecule has 1 aromatic carbocycles. The largest absolute Gasteiger partial charge is 0.463 e. The third kappa shape index (κ3) is 5.01. The molecule has 0 saturated heterocycles. The van der Waals surface area contributed by atoms with Gasteiger partial charge in [0.25, 0.3) is 0 Å². The summed E-state index contributed by atoms with van der Waals surface area (Å²) in [5.74, 6) is -0.918. The van der Waals surface area contributed by atoms with Gasteiger partial charge in [-0.25, -0.2) is 13.2 Å². The van der Waals surface area contributed by atoms with Gasteiger partial charge in [-0.2, -0.15) is 0 Å². The van der Waals surface area contributed by atoms with E-state index in [0.717, 1.165) is 5.56 Å². The minimum Gasteiger partial charge on any atom is -0.463 e. The summed E-state index contributed by atoms with van der Waals surface area (Å²) >= 11 is 0. The van der Waals surface area contributed by atoms with E-state index in [9.17, 15) is 13.2 Å². The lowest BCUT2D eigenvalue weighted by Crippen LogP contribution is -2.32. The number of ether oxygens (including phenoxy) is 1. The zero-order valence-electron chi connectivity index (χ0n) is 12.9. The van der Waals surface area contributed by atoms with E-state index in [0.29, 0.717) is 0 Å². The second-order valence-corrected chi connectivity index (χ2v) is 8.42. The second-order valence-electron chi connectivity index (χ2n) is 5.67. The quantitative estimate of drug-likeness (QED) is 0.620. The molecule has 0 N–H and O–H groups in total. The first-order chi connectivity index (χ1) is 9.67. The molecule has 0 saturated carbocycles. The highest BCUT2D eigenvalue weighted by molar-refractivity contribution is 7.92. The summed E-state index contributed by atoms with van der Waals surface area (Å²) in [5.41, 5.74) is 0.919. The lowest BCUT2D eigenvalue weighted by atomic mass is 10.1. The summed E-state index contributed by atoms with van der Waals surface area (Å²) in [6.45, 7) is 6.76. The molecule has 0 aliphatic heterocycles. The molecule has 0 bridgehead atoms. The van der Waals surface area contributed by atoms with Crippen molar-refractivity contribution in [3.63, 3.8) is 0 Å². The minimum absolute atomic E-state index is 0.151. The van der Waals surface area contributed by atoms with Crippen molar-refractivity contribution in [2.75, 3.05) is 12.4 Å². The molecule has 0 heterocycles. The summed E-state index contributed by atoms with van der Waals surface area (Å²) < 4.78 is 28.7. The highest BCUT2D eigenvalue weighted by atomic mass is 32.2. The lowest BCUT2D eigenvalue weighted by molar-refractivity contribution is -0.138. The predicted molar refractivity (Wildman–Crippen MR) is 84.6 cm³/mol. The molecule has 0 aromatic heterocycles. The smallest absolute Gasteiger partial charge is 0.335 e. The molecule has 0 unspecified atom stereocenters. The summed E-state index contributed by atoms with van der Waals surface area (Å²) in [5, 5.41) is 0. The van der Waals surface area contributed by atoms with Crippen molar-refractivity contribution < 1.29 is 17.9 Å². The Hall–Kier alpha value is -1.62. The molecular formula is C16H22O4S. The number of hydrogen-bond donors (Lipinski definition) is 0. The first-order valence-corrected chi connectivity index (χ1v) is 8.47. The van der Waals surface area contributed by atoms with Crippen LogP contribution in [0.1, 0.15) is 33.3 Å². The Bertz CT molecular complexity index is 607. The molecule has 1 rings (SSSR count). The Balaban J connectivity index is 3.17. The molecule has 0 atom stereocenters. The Morgan fingerprint density at radius 1 is 1.19 bits per heavy atom. The number of carbonyl (C=O) groups excluding carboxylic acids is 1. The van der Waals surface area contributed by atoms with E-state index in [1.165, 1.54) is 0 Å². The highest BCUT2D eigenvalue weighted by Gasteiger charge is 2.31. The molecule has 0 aliphatic rings. The highest BCUT2D eigenvalue weighted by Crippen LogP contribution is 2.20. The van der Waals surface area contributed by atoms with E-state index in [1.807, 2.05) is 30.3 Å². The zero-order valence-corrected chi connectivity index (χ0v) is 13.7. The average molecular weight is 310 g/mol. The average Bonchev–Trinajstić information content (AvgIpc) is 2.38. The number of carbonyl (C=O) groups is 1. The number of benzene rings is 1. The summed E-state index contributed by atoms with van der Waals surface area (Å²) in [4.78, 5) is 12.0. The maximum Gasteiger partial charge on any atom is 0.335 e. The van der Waals surface area contributed by atoms with Crippen LogP contribution in [0.2, 0.25) is 0 Å². The molecule has 0 fully saturated rings. The maximum atomic E-state index is 12.3. The van der Waals surface area contributed by atoms with Crippen LogP contribution in [-0.4, -0.2) is 31.5 Å². The van der Waals surface area contributed by atoms with Crippen molar-refractivity contribution in [3.8, 4) is 0 Å². The van der Waals surface area contributed by atoms with Gasteiger partial charge in [-0.15, -0.1) is 0 Å². The van der Waals surface area contributed by atoms with Gasteiger partial charge in [-0.1, -0.05) is 30.3 Å². The molecule has 0 spiro atoms. The topological polar surface area (TPSA) is 60.4 Å². The van der Waals surface area contributed by atoms with E-state index in [-0.39, 0.29) is 17.9 Å². The summed E-state index contributed by atoms with van der Waals surface area (Å²) in [6.07, 6.45) is 1.57. The SMILES string of the molecule is CCOC(=O)/C(=C/c1ccccc1)CS(=O)(=O)C(C)(C)C. The van der Waals surface area contributed by atoms with Crippen LogP contribution in [0.5, 0.6) is 0 Å². The van der Waals surface area contributed by atoms with Gasteiger partial charge in [0.1, 0.15) is 0 Å². The molecule has 1 aromatic rings. The van der Waals surface area contributed by atoms with Gasteiger partial charge in [0.15, 0.2) is 9.84 Å². The van der Waals surface area contributed by atoms with Crippen LogP contribution in [0.4, 0.5) is 0 Å². The summed E-state index contributed by atoms with van der Waals surface area (Å²) in [6, 6.07) is 9.12. The first kappa shape index (κ1) is 17.4. The van der Waals surface area contributed by atoms with E-state index in [2.05, 4.69) is 0 Å². The third-order valence-corrected chi connectivity index (χ3v) is 5.51. The van der Waals surface area contributed by atoms with Crippen LogP contribution >= 0.6 is 0 Å². The van der Waals surface area contributed by atoms with Gasteiger partial charge in [-0.3, -0.25) is 0 Å². The van der Waals surface area contributed by atoms with E-state index in [1.54, 1.807) is 33.8 Å². The van der Waals surface area contributed by atoms with Crippen LogP contribution in [0.3, 0.4) is 0 Å². The fourth-order valence-electron chi connectivity index (χ4n) is 1.55. The fraction of sp³-hybridized carbons (Fsp3) is 0.438. The number of sulfone groups is 1. The number of hydrogen-bond acceptors (Lipinski definition) is 4. The van der Waals surface area contributed by atoms with Gasteiger partial charge < -0.3 is 4.74 Å². The molecular weight excluding hydrogens is 288 g/mol. The van der Waals surface area contributed by atoms with Crippen LogP contribution in [0, 0.1) is 0 Å². The minimum atomic E-state index is -3.45. The standard InChI is InChI=1S/C16H22O4S/c1-5-20-15(17)14(11-13-9-7-6-8-10-13)12-21(18,19)16(2,3)4/h6-11H,5,12H2,1-4H3/b14-11+. The molecule has 5 heteroatoms. The predicted octanol–water partition coefficient (Wildman–Crippen LogP) is 2.85. The second kappa shape index (κ2) is 6.89. The van der Waals surface area contributed by atoms with Crippen LogP contribution in [-0.2, 0) is 19.4 Å². The number of rotatable bonds is 5. The molecule has 0 aliphatic carbocycles.